The lowest BCUT2D eigenvalue weighted by Gasteiger charge is -2.29. The van der Waals surface area contributed by atoms with Gasteiger partial charge in [-0.15, -0.1) is 0 Å². The molecule has 1 fully saturated rings. The fourth-order valence-corrected chi connectivity index (χ4v) is 3.14. The number of carbonyl (C=O) groups excluding carboxylic acids is 1. The molecule has 21 heavy (non-hydrogen) atoms. The van der Waals surface area contributed by atoms with Crippen LogP contribution in [0.25, 0.3) is 0 Å². The van der Waals surface area contributed by atoms with Crippen LogP contribution in [0.5, 0.6) is 0 Å². The Labute approximate surface area is 126 Å². The number of amidine groups is 1. The summed E-state index contributed by atoms with van der Waals surface area (Å²) in [6.45, 7) is 0.218. The normalized spacial score (nSPS) is 25.0. The number of hydrogen-bond donors (Lipinski definition) is 1. The average Bonchev–Trinajstić information content (AvgIpc) is 2.95. The summed E-state index contributed by atoms with van der Waals surface area (Å²) in [5.41, 5.74) is -3.02. The van der Waals surface area contributed by atoms with Crippen LogP contribution in [0.2, 0.25) is 5.02 Å². The molecule has 2 aliphatic rings. The molecule has 1 aromatic heterocycles. The van der Waals surface area contributed by atoms with Crippen molar-refractivity contribution >= 4 is 40.3 Å². The topological polar surface area (TPSA) is 57.6 Å². The van der Waals surface area contributed by atoms with Gasteiger partial charge in [0, 0.05) is 18.5 Å². The van der Waals surface area contributed by atoms with E-state index >= 15 is 0 Å². The van der Waals surface area contributed by atoms with E-state index in [0.717, 1.165) is 16.7 Å². The van der Waals surface area contributed by atoms with Gasteiger partial charge in [-0.05, 0) is 12.1 Å². The van der Waals surface area contributed by atoms with E-state index in [1.807, 2.05) is 0 Å². The molecule has 0 bridgehead atoms. The van der Waals surface area contributed by atoms with Crippen molar-refractivity contribution in [1.82, 2.24) is 9.88 Å². The van der Waals surface area contributed by atoms with Gasteiger partial charge in [-0.3, -0.25) is 9.69 Å². The third-order valence-electron chi connectivity index (χ3n) is 3.04. The molecule has 0 saturated carbocycles. The van der Waals surface area contributed by atoms with Crippen LogP contribution in [-0.2, 0) is 4.79 Å². The third kappa shape index (κ3) is 2.24. The van der Waals surface area contributed by atoms with Crippen molar-refractivity contribution in [2.75, 3.05) is 17.6 Å². The summed E-state index contributed by atoms with van der Waals surface area (Å²) >= 11 is 6.76. The number of fused-ring (bicyclic) bond motifs is 1. The van der Waals surface area contributed by atoms with Gasteiger partial charge in [0.25, 0.3) is 5.91 Å². The monoisotopic (exact) mass is 336 g/mol. The van der Waals surface area contributed by atoms with Gasteiger partial charge in [-0.25, -0.2) is 9.98 Å². The van der Waals surface area contributed by atoms with E-state index in [2.05, 4.69) is 15.3 Å². The van der Waals surface area contributed by atoms with E-state index in [1.54, 1.807) is 0 Å². The molecule has 10 heteroatoms. The predicted molar refractivity (Wildman–Crippen MR) is 73.3 cm³/mol. The maximum Gasteiger partial charge on any atom is 0.442 e. The SMILES string of the molecule is O=C1N2CCSC2=N[C@]1(Nc1ccc(Cl)cn1)C(F)(F)F. The minimum atomic E-state index is -4.89. The number of carbonyl (C=O) groups is 1. The van der Waals surface area contributed by atoms with Gasteiger partial charge < -0.3 is 5.32 Å². The van der Waals surface area contributed by atoms with Gasteiger partial charge >= 0.3 is 11.8 Å². The second-order valence-corrected chi connectivity index (χ2v) is 5.89. The fraction of sp³-hybridized carbons (Fsp3) is 0.364. The molecule has 112 valence electrons. The Balaban J connectivity index is 2.01. The molecule has 0 aromatic carbocycles. The van der Waals surface area contributed by atoms with Gasteiger partial charge in [0.2, 0.25) is 0 Å². The first-order chi connectivity index (χ1) is 9.83. The molecule has 0 spiro atoms. The lowest BCUT2D eigenvalue weighted by Crippen LogP contribution is -2.57. The van der Waals surface area contributed by atoms with E-state index in [4.69, 9.17) is 11.6 Å². The number of nitrogens with one attached hydrogen (secondary N) is 1. The quantitative estimate of drug-likeness (QED) is 0.900. The first-order valence-electron chi connectivity index (χ1n) is 5.84. The summed E-state index contributed by atoms with van der Waals surface area (Å²) in [5.74, 6) is -0.718. The largest absolute Gasteiger partial charge is 0.442 e. The highest BCUT2D eigenvalue weighted by molar-refractivity contribution is 8.14. The van der Waals surface area contributed by atoms with Crippen LogP contribution in [0.4, 0.5) is 19.0 Å². The zero-order chi connectivity index (χ0) is 15.3. The van der Waals surface area contributed by atoms with E-state index in [0.29, 0.717) is 5.75 Å². The number of rotatable bonds is 2. The van der Waals surface area contributed by atoms with Crippen molar-refractivity contribution in [1.29, 1.82) is 0 Å². The van der Waals surface area contributed by atoms with Crippen molar-refractivity contribution in [3.63, 3.8) is 0 Å². The molecule has 1 aromatic rings. The first-order valence-corrected chi connectivity index (χ1v) is 7.21. The van der Waals surface area contributed by atoms with E-state index in [-0.39, 0.29) is 22.6 Å². The molecule has 1 amide bonds. The van der Waals surface area contributed by atoms with Crippen molar-refractivity contribution in [2.45, 2.75) is 11.8 Å². The Morgan fingerprint density at radius 3 is 2.76 bits per heavy atom. The Kier molecular flexibility index (Phi) is 3.28. The summed E-state index contributed by atoms with van der Waals surface area (Å²) in [4.78, 5) is 20.6. The van der Waals surface area contributed by atoms with Crippen molar-refractivity contribution < 1.29 is 18.0 Å². The summed E-state index contributed by atoms with van der Waals surface area (Å²) in [5, 5.41) is 2.47. The van der Waals surface area contributed by atoms with Crippen molar-refractivity contribution in [2.24, 2.45) is 4.99 Å². The Morgan fingerprint density at radius 1 is 1.43 bits per heavy atom. The summed E-state index contributed by atoms with van der Waals surface area (Å²) in [6, 6.07) is 2.64. The summed E-state index contributed by atoms with van der Waals surface area (Å²) in [6.07, 6.45) is -3.69. The molecule has 0 unspecified atom stereocenters. The predicted octanol–water partition coefficient (Wildman–Crippen LogP) is 2.35. The number of hydrogen-bond acceptors (Lipinski definition) is 5. The van der Waals surface area contributed by atoms with Gasteiger partial charge in [-0.1, -0.05) is 23.4 Å². The molecule has 1 N–H and O–H groups in total. The van der Waals surface area contributed by atoms with E-state index < -0.39 is 17.7 Å². The third-order valence-corrected chi connectivity index (χ3v) is 4.22. The minimum absolute atomic E-state index is 0.0822. The number of anilines is 1. The highest BCUT2D eigenvalue weighted by atomic mass is 35.5. The molecule has 0 radical (unpaired) electrons. The van der Waals surface area contributed by atoms with Crippen LogP contribution in [-0.4, -0.2) is 45.1 Å². The molecule has 2 aliphatic heterocycles. The number of amides is 1. The zero-order valence-corrected chi connectivity index (χ0v) is 11.9. The average molecular weight is 337 g/mol. The first kappa shape index (κ1) is 14.5. The Bertz CT molecular complexity index is 621. The minimum Gasteiger partial charge on any atom is -0.331 e. The van der Waals surface area contributed by atoms with Crippen molar-refractivity contribution in [3.8, 4) is 0 Å². The molecule has 3 rings (SSSR count). The van der Waals surface area contributed by atoms with Gasteiger partial charge in [0.05, 0.1) is 5.02 Å². The van der Waals surface area contributed by atoms with Gasteiger partial charge in [0.15, 0.2) is 5.17 Å². The lowest BCUT2D eigenvalue weighted by molar-refractivity contribution is -0.185. The maximum absolute atomic E-state index is 13.5. The highest BCUT2D eigenvalue weighted by Gasteiger charge is 2.67. The van der Waals surface area contributed by atoms with Crippen LogP contribution in [0.3, 0.4) is 0 Å². The van der Waals surface area contributed by atoms with Crippen LogP contribution in [0.15, 0.2) is 23.3 Å². The van der Waals surface area contributed by atoms with E-state index in [9.17, 15) is 18.0 Å². The fourth-order valence-electron chi connectivity index (χ4n) is 2.04. The van der Waals surface area contributed by atoms with Crippen LogP contribution in [0, 0.1) is 0 Å². The smallest absolute Gasteiger partial charge is 0.331 e. The molecule has 1 saturated heterocycles. The number of thioether (sulfide) groups is 1. The zero-order valence-electron chi connectivity index (χ0n) is 10.3. The Morgan fingerprint density at radius 2 is 2.19 bits per heavy atom. The molecule has 5 nitrogen and oxygen atoms in total. The number of pyridine rings is 1. The summed E-state index contributed by atoms with van der Waals surface area (Å²) < 4.78 is 40.4. The second kappa shape index (κ2) is 4.77. The molecular formula is C11H8ClF3N4OS. The Hall–Kier alpha value is -1.48. The van der Waals surface area contributed by atoms with Crippen LogP contribution >= 0.6 is 23.4 Å². The standard InChI is InChI=1S/C11H8ClF3N4OS/c12-6-1-2-7(16-5-6)17-10(11(13,14)15)8(20)19-3-4-21-9(19)18-10/h1-2,5H,3-4H2,(H,16,17)/t10-/m0/s1. The van der Waals surface area contributed by atoms with E-state index in [1.165, 1.54) is 18.3 Å². The molecule has 0 aliphatic carbocycles. The number of aromatic nitrogens is 1. The van der Waals surface area contributed by atoms with Gasteiger partial charge in [-0.2, -0.15) is 13.2 Å². The molecule has 3 heterocycles. The maximum atomic E-state index is 13.5. The number of halogens is 4. The van der Waals surface area contributed by atoms with Crippen molar-refractivity contribution in [3.05, 3.63) is 23.4 Å². The van der Waals surface area contributed by atoms with Gasteiger partial charge in [0.1, 0.15) is 5.82 Å². The molecular weight excluding hydrogens is 329 g/mol. The lowest BCUT2D eigenvalue weighted by atomic mass is 10.1. The highest BCUT2D eigenvalue weighted by Crippen LogP contribution is 2.42. The number of nitrogens with zero attached hydrogens (tertiary/aromatic N) is 3. The molecule has 1 atom stereocenters. The summed E-state index contributed by atoms with van der Waals surface area (Å²) in [7, 11) is 0. The van der Waals surface area contributed by atoms with Crippen LogP contribution < -0.4 is 5.32 Å². The number of alkyl halides is 3. The number of aliphatic imine (C=N–C) groups is 1. The second-order valence-electron chi connectivity index (χ2n) is 4.39. The van der Waals surface area contributed by atoms with Crippen LogP contribution in [0.1, 0.15) is 0 Å².